The molecule has 0 atom stereocenters. The van der Waals surface area contributed by atoms with Crippen LogP contribution in [-0.2, 0) is 16.1 Å². The molecule has 1 aromatic heterocycles. The molecule has 0 saturated heterocycles. The average molecular weight is 350 g/mol. The quantitative estimate of drug-likeness (QED) is 0.584. The van der Waals surface area contributed by atoms with E-state index >= 15 is 0 Å². The molecule has 0 aliphatic carbocycles. The van der Waals surface area contributed by atoms with Crippen molar-refractivity contribution >= 4 is 34.6 Å². The number of hydrogen-bond acceptors (Lipinski definition) is 6. The highest BCUT2D eigenvalue weighted by atomic mass is 32.2. The second-order valence-corrected chi connectivity index (χ2v) is 5.72. The van der Waals surface area contributed by atoms with Gasteiger partial charge in [-0.25, -0.2) is 9.78 Å². The Balaban J connectivity index is 2.28. The maximum absolute atomic E-state index is 12.6. The summed E-state index contributed by atoms with van der Waals surface area (Å²) < 4.78 is 6.51. The molecule has 24 heavy (non-hydrogen) atoms. The lowest BCUT2D eigenvalue weighted by molar-refractivity contribution is -0.117. The maximum atomic E-state index is 12.6. The topological polar surface area (TPSA) is 102 Å². The van der Waals surface area contributed by atoms with Crippen LogP contribution in [0.15, 0.2) is 34.2 Å². The fourth-order valence-electron chi connectivity index (χ4n) is 1.99. The van der Waals surface area contributed by atoms with Gasteiger partial charge in [0.25, 0.3) is 5.56 Å². The number of benzene rings is 1. The van der Waals surface area contributed by atoms with Gasteiger partial charge in [-0.2, -0.15) is 0 Å². The number of rotatable bonds is 6. The van der Waals surface area contributed by atoms with Gasteiger partial charge in [0.15, 0.2) is 5.16 Å². The number of hydrogen-bond donors (Lipinski definition) is 2. The van der Waals surface area contributed by atoms with Crippen molar-refractivity contribution in [2.45, 2.75) is 11.7 Å². The molecule has 2 rings (SSSR count). The lowest BCUT2D eigenvalue weighted by atomic mass is 10.2. The monoisotopic (exact) mass is 350 g/mol. The number of urea groups is 1. The van der Waals surface area contributed by atoms with E-state index in [2.05, 4.69) is 15.6 Å². The minimum Gasteiger partial charge on any atom is -0.383 e. The van der Waals surface area contributed by atoms with Gasteiger partial charge < -0.3 is 10.1 Å². The molecule has 1 heterocycles. The number of carbonyl (C=O) groups is 2. The summed E-state index contributed by atoms with van der Waals surface area (Å²) in [4.78, 5) is 39.9. The number of ether oxygens (including phenoxy) is 1. The first-order valence-corrected chi connectivity index (χ1v) is 8.18. The maximum Gasteiger partial charge on any atom is 0.321 e. The predicted octanol–water partition coefficient (Wildman–Crippen LogP) is 0.591. The molecule has 9 heteroatoms. The third-order valence-corrected chi connectivity index (χ3v) is 4.13. The number of imide groups is 1. The second kappa shape index (κ2) is 8.46. The predicted molar refractivity (Wildman–Crippen MR) is 91.2 cm³/mol. The van der Waals surface area contributed by atoms with Gasteiger partial charge in [0.1, 0.15) is 0 Å². The second-order valence-electron chi connectivity index (χ2n) is 4.78. The van der Waals surface area contributed by atoms with Crippen molar-refractivity contribution in [1.82, 2.24) is 20.2 Å². The van der Waals surface area contributed by atoms with Crippen LogP contribution in [0.5, 0.6) is 0 Å². The smallest absolute Gasteiger partial charge is 0.321 e. The molecule has 0 aliphatic rings. The van der Waals surface area contributed by atoms with Crippen LogP contribution in [0.3, 0.4) is 0 Å². The minimum absolute atomic E-state index is 0.0365. The molecule has 1 aromatic carbocycles. The van der Waals surface area contributed by atoms with Gasteiger partial charge >= 0.3 is 6.03 Å². The molecule has 0 fully saturated rings. The Bertz CT molecular complexity index is 806. The number of para-hydroxylation sites is 1. The Morgan fingerprint density at radius 1 is 1.33 bits per heavy atom. The first-order valence-electron chi connectivity index (χ1n) is 7.19. The Morgan fingerprint density at radius 2 is 2.08 bits per heavy atom. The first kappa shape index (κ1) is 18.0. The Kier molecular flexibility index (Phi) is 6.33. The molecule has 0 bridgehead atoms. The number of amides is 3. The van der Waals surface area contributed by atoms with E-state index < -0.39 is 11.9 Å². The molecule has 0 spiro atoms. The van der Waals surface area contributed by atoms with E-state index in [4.69, 9.17) is 4.74 Å². The Morgan fingerprint density at radius 3 is 2.79 bits per heavy atom. The summed E-state index contributed by atoms with van der Waals surface area (Å²) in [5.41, 5.74) is 0.372. The minimum atomic E-state index is -0.580. The van der Waals surface area contributed by atoms with Crippen LogP contribution >= 0.6 is 11.8 Å². The molecule has 128 valence electrons. The van der Waals surface area contributed by atoms with Crippen molar-refractivity contribution in [3.63, 3.8) is 0 Å². The fraction of sp³-hybridized carbons (Fsp3) is 0.333. The molecule has 2 aromatic rings. The average Bonchev–Trinajstić information content (AvgIpc) is 2.59. The van der Waals surface area contributed by atoms with Crippen LogP contribution in [0.2, 0.25) is 0 Å². The van der Waals surface area contributed by atoms with E-state index in [1.54, 1.807) is 31.4 Å². The summed E-state index contributed by atoms with van der Waals surface area (Å²) >= 11 is 1.09. The first-order chi connectivity index (χ1) is 11.6. The van der Waals surface area contributed by atoms with E-state index in [0.29, 0.717) is 29.2 Å². The number of thioether (sulfide) groups is 1. The zero-order valence-corrected chi connectivity index (χ0v) is 14.2. The summed E-state index contributed by atoms with van der Waals surface area (Å²) in [5, 5.41) is 5.38. The van der Waals surface area contributed by atoms with Crippen molar-refractivity contribution in [2.24, 2.45) is 0 Å². The van der Waals surface area contributed by atoms with Gasteiger partial charge in [0, 0.05) is 14.2 Å². The van der Waals surface area contributed by atoms with Crippen LogP contribution in [0, 0.1) is 0 Å². The highest BCUT2D eigenvalue weighted by molar-refractivity contribution is 7.99. The summed E-state index contributed by atoms with van der Waals surface area (Å²) in [6.07, 6.45) is 0. The SMILES string of the molecule is CNC(=O)NC(=O)CSc1nc2ccccc2c(=O)n1CCOC. The molecular formula is C15H18N4O4S. The standard InChI is InChI=1S/C15H18N4O4S/c1-16-14(22)18-12(20)9-24-15-17-11-6-4-3-5-10(11)13(21)19(15)7-8-23-2/h3-6H,7-9H2,1-2H3,(H2,16,18,20,22). The van der Waals surface area contributed by atoms with Crippen LogP contribution < -0.4 is 16.2 Å². The van der Waals surface area contributed by atoms with Gasteiger partial charge in [0.05, 0.1) is 29.8 Å². The molecule has 2 N–H and O–H groups in total. The van der Waals surface area contributed by atoms with Crippen molar-refractivity contribution < 1.29 is 14.3 Å². The summed E-state index contributed by atoms with van der Waals surface area (Å²) in [6, 6.07) is 6.44. The summed E-state index contributed by atoms with van der Waals surface area (Å²) in [6.45, 7) is 0.671. The van der Waals surface area contributed by atoms with Gasteiger partial charge in [-0.3, -0.25) is 19.5 Å². The number of aromatic nitrogens is 2. The largest absolute Gasteiger partial charge is 0.383 e. The molecule has 0 saturated carbocycles. The summed E-state index contributed by atoms with van der Waals surface area (Å²) in [7, 11) is 2.96. The number of carbonyl (C=O) groups excluding carboxylic acids is 2. The fourth-order valence-corrected chi connectivity index (χ4v) is 2.82. The molecule has 0 unspecified atom stereocenters. The van der Waals surface area contributed by atoms with E-state index in [-0.39, 0.29) is 11.3 Å². The Hall–Kier alpha value is -2.39. The zero-order chi connectivity index (χ0) is 17.5. The Labute approximate surface area is 142 Å². The molecule has 3 amide bonds. The molecule has 8 nitrogen and oxygen atoms in total. The van der Waals surface area contributed by atoms with Gasteiger partial charge in [-0.1, -0.05) is 23.9 Å². The number of nitrogens with one attached hydrogen (secondary N) is 2. The summed E-state index contributed by atoms with van der Waals surface area (Å²) in [5.74, 6) is -0.509. The van der Waals surface area contributed by atoms with E-state index in [9.17, 15) is 14.4 Å². The van der Waals surface area contributed by atoms with Gasteiger partial charge in [0.2, 0.25) is 5.91 Å². The third-order valence-electron chi connectivity index (χ3n) is 3.16. The highest BCUT2D eigenvalue weighted by Crippen LogP contribution is 2.17. The molecule has 0 radical (unpaired) electrons. The van der Waals surface area contributed by atoms with Crippen molar-refractivity contribution in [3.05, 3.63) is 34.6 Å². The lowest BCUT2D eigenvalue weighted by Gasteiger charge is -2.12. The lowest BCUT2D eigenvalue weighted by Crippen LogP contribution is -2.38. The normalized spacial score (nSPS) is 10.6. The zero-order valence-electron chi connectivity index (χ0n) is 13.4. The van der Waals surface area contributed by atoms with Crippen molar-refractivity contribution in [3.8, 4) is 0 Å². The van der Waals surface area contributed by atoms with E-state index in [1.165, 1.54) is 11.6 Å². The van der Waals surface area contributed by atoms with Crippen molar-refractivity contribution in [2.75, 3.05) is 26.5 Å². The van der Waals surface area contributed by atoms with Gasteiger partial charge in [-0.05, 0) is 12.1 Å². The van der Waals surface area contributed by atoms with Crippen LogP contribution in [0.4, 0.5) is 4.79 Å². The highest BCUT2D eigenvalue weighted by Gasteiger charge is 2.14. The number of methoxy groups -OCH3 is 1. The number of fused-ring (bicyclic) bond motifs is 1. The van der Waals surface area contributed by atoms with E-state index in [0.717, 1.165) is 11.8 Å². The molecule has 0 aliphatic heterocycles. The van der Waals surface area contributed by atoms with E-state index in [1.807, 2.05) is 0 Å². The molecular weight excluding hydrogens is 332 g/mol. The third kappa shape index (κ3) is 4.33. The number of nitrogens with zero attached hydrogens (tertiary/aromatic N) is 2. The van der Waals surface area contributed by atoms with Crippen LogP contribution in [0.1, 0.15) is 0 Å². The van der Waals surface area contributed by atoms with Crippen molar-refractivity contribution in [1.29, 1.82) is 0 Å². The van der Waals surface area contributed by atoms with Crippen LogP contribution in [0.25, 0.3) is 10.9 Å². The van der Waals surface area contributed by atoms with Gasteiger partial charge in [-0.15, -0.1) is 0 Å². The van der Waals surface area contributed by atoms with Crippen LogP contribution in [-0.4, -0.2) is 48.0 Å².